The van der Waals surface area contributed by atoms with Gasteiger partial charge in [-0.25, -0.2) is 4.98 Å². The summed E-state index contributed by atoms with van der Waals surface area (Å²) in [6.07, 6.45) is 12.3. The van der Waals surface area contributed by atoms with Crippen LogP contribution in [0, 0.1) is 0 Å². The van der Waals surface area contributed by atoms with E-state index in [1.807, 2.05) is 24.3 Å². The number of anilines is 5. The smallest absolute Gasteiger partial charge is 0.271 e. The highest BCUT2D eigenvalue weighted by atomic mass is 16.1. The minimum Gasteiger partial charge on any atom is -0.355 e. The maximum Gasteiger partial charge on any atom is 0.271 e. The van der Waals surface area contributed by atoms with E-state index in [-0.39, 0.29) is 5.56 Å². The van der Waals surface area contributed by atoms with Gasteiger partial charge in [0.05, 0.1) is 17.1 Å². The maximum absolute atomic E-state index is 11.8. The second kappa shape index (κ2) is 7.97. The number of hydrogen-bond donors (Lipinski definition) is 6. The molecule has 0 spiro atoms. The molecule has 3 heterocycles. The molecule has 4 aromatic rings. The number of hydrogen-bond acceptors (Lipinski definition) is 7. The summed E-state index contributed by atoms with van der Waals surface area (Å²) in [4.78, 5) is 21.0. The molecule has 3 aromatic heterocycles. The zero-order valence-corrected chi connectivity index (χ0v) is 17.8. The molecule has 0 bridgehead atoms. The highest BCUT2D eigenvalue weighted by Gasteiger charge is 2.25. The molecule has 0 radical (unpaired) electrons. The summed E-state index contributed by atoms with van der Waals surface area (Å²) < 4.78 is 0. The largest absolute Gasteiger partial charge is 0.355 e. The lowest BCUT2D eigenvalue weighted by atomic mass is 10.1. The molecule has 0 atom stereocenters. The maximum atomic E-state index is 11.8. The number of benzene rings is 1. The molecule has 0 amide bonds. The molecule has 2 aliphatic rings. The fourth-order valence-electron chi connectivity index (χ4n) is 3.88. The summed E-state index contributed by atoms with van der Waals surface area (Å²) in [6.45, 7) is 0. The summed E-state index contributed by atoms with van der Waals surface area (Å²) >= 11 is 0. The molecular formula is C23H23N9O. The first-order valence-electron chi connectivity index (χ1n) is 11.0. The molecule has 6 rings (SSSR count). The molecule has 0 unspecified atom stereocenters. The number of nitrogens with zero attached hydrogens (tertiary/aromatic N) is 3. The van der Waals surface area contributed by atoms with Crippen molar-refractivity contribution in [1.29, 1.82) is 0 Å². The van der Waals surface area contributed by atoms with Crippen molar-refractivity contribution in [3.8, 4) is 0 Å². The van der Waals surface area contributed by atoms with Crippen LogP contribution in [-0.4, -0.2) is 30.4 Å². The minimum atomic E-state index is -0.147. The Balaban J connectivity index is 1.30. The highest BCUT2D eigenvalue weighted by Crippen LogP contribution is 2.40. The van der Waals surface area contributed by atoms with E-state index in [4.69, 9.17) is 4.98 Å². The van der Waals surface area contributed by atoms with Crippen LogP contribution >= 0.6 is 0 Å². The third kappa shape index (κ3) is 4.10. The number of nitrogens with one attached hydrogen (secondary N) is 6. The fraction of sp³-hybridized carbons (Fsp3) is 0.217. The number of aromatic nitrogens is 6. The summed E-state index contributed by atoms with van der Waals surface area (Å²) in [5.74, 6) is 2.35. The molecule has 166 valence electrons. The molecule has 6 N–H and O–H groups in total. The lowest BCUT2D eigenvalue weighted by molar-refractivity contribution is 0.962. The Morgan fingerprint density at radius 3 is 2.85 bits per heavy atom. The van der Waals surface area contributed by atoms with Gasteiger partial charge >= 0.3 is 0 Å². The van der Waals surface area contributed by atoms with Crippen LogP contribution in [-0.2, 0) is 0 Å². The van der Waals surface area contributed by atoms with Crippen molar-refractivity contribution in [1.82, 2.24) is 30.4 Å². The van der Waals surface area contributed by atoms with E-state index in [9.17, 15) is 4.79 Å². The first kappa shape index (κ1) is 19.4. The molecule has 1 fully saturated rings. The predicted octanol–water partition coefficient (Wildman–Crippen LogP) is 4.38. The SMILES string of the molecule is O=c1[nH][nH]c2cc(Nc3ncc(NC4=CC=CCC4)c(Nc4cc(C5CC5)[nH]n4)n3)ccc12. The molecule has 10 heteroatoms. The van der Waals surface area contributed by atoms with Gasteiger partial charge in [-0.3, -0.25) is 20.1 Å². The van der Waals surface area contributed by atoms with Gasteiger partial charge in [-0.1, -0.05) is 12.2 Å². The van der Waals surface area contributed by atoms with Gasteiger partial charge in [0.2, 0.25) is 5.95 Å². The molecule has 1 saturated carbocycles. The van der Waals surface area contributed by atoms with Crippen LogP contribution in [0.2, 0.25) is 0 Å². The van der Waals surface area contributed by atoms with Gasteiger partial charge in [-0.05, 0) is 50.0 Å². The Labute approximate surface area is 188 Å². The standard InChI is InChI=1S/C23H23N9O/c33-22-16-9-8-15(10-18(16)30-32-22)26-23-24-12-19(25-14-4-2-1-3-5-14)21(28-23)27-20-11-17(29-31-20)13-6-7-13/h1-2,4,8-13,25H,3,5-7H2,(H2,30,32,33)(H3,24,26,27,28,29,31). The molecular weight excluding hydrogens is 418 g/mol. The number of aromatic amines is 3. The third-order valence-corrected chi connectivity index (χ3v) is 5.79. The molecule has 0 saturated heterocycles. The highest BCUT2D eigenvalue weighted by molar-refractivity contribution is 5.82. The first-order chi connectivity index (χ1) is 16.2. The summed E-state index contributed by atoms with van der Waals surface area (Å²) in [5, 5.41) is 23.6. The normalized spacial score (nSPS) is 15.5. The fourth-order valence-corrected chi connectivity index (χ4v) is 3.88. The Bertz CT molecular complexity index is 1440. The second-order valence-corrected chi connectivity index (χ2v) is 8.31. The minimum absolute atomic E-state index is 0.147. The Morgan fingerprint density at radius 1 is 1.06 bits per heavy atom. The van der Waals surface area contributed by atoms with Gasteiger partial charge in [0, 0.05) is 29.1 Å². The van der Waals surface area contributed by atoms with Crippen molar-refractivity contribution < 1.29 is 0 Å². The topological polar surface area (TPSA) is 139 Å². The van der Waals surface area contributed by atoms with Crippen LogP contribution in [0.25, 0.3) is 10.9 Å². The molecule has 33 heavy (non-hydrogen) atoms. The average Bonchev–Trinajstić information content (AvgIpc) is 3.48. The van der Waals surface area contributed by atoms with E-state index >= 15 is 0 Å². The molecule has 1 aromatic carbocycles. The van der Waals surface area contributed by atoms with Gasteiger partial charge in [-0.2, -0.15) is 10.1 Å². The molecule has 0 aliphatic heterocycles. The van der Waals surface area contributed by atoms with Crippen LogP contribution in [0.15, 0.2) is 59.2 Å². The van der Waals surface area contributed by atoms with Crippen LogP contribution < -0.4 is 21.5 Å². The first-order valence-corrected chi connectivity index (χ1v) is 11.0. The average molecular weight is 441 g/mol. The van der Waals surface area contributed by atoms with Crippen LogP contribution in [0.1, 0.15) is 37.3 Å². The van der Waals surface area contributed by atoms with E-state index in [2.05, 4.69) is 53.5 Å². The van der Waals surface area contributed by atoms with Crippen LogP contribution in [0.4, 0.5) is 29.0 Å². The monoisotopic (exact) mass is 441 g/mol. The van der Waals surface area contributed by atoms with Gasteiger partial charge in [0.25, 0.3) is 5.56 Å². The van der Waals surface area contributed by atoms with E-state index in [1.165, 1.54) is 12.8 Å². The van der Waals surface area contributed by atoms with E-state index in [0.717, 1.165) is 35.6 Å². The van der Waals surface area contributed by atoms with Gasteiger partial charge in [0.1, 0.15) is 5.69 Å². The Kier molecular flexibility index (Phi) is 4.68. The summed E-state index contributed by atoms with van der Waals surface area (Å²) in [6, 6.07) is 7.46. The Hall–Kier alpha value is -4.34. The molecule has 2 aliphatic carbocycles. The van der Waals surface area contributed by atoms with Crippen molar-refractivity contribution >= 4 is 39.9 Å². The van der Waals surface area contributed by atoms with Crippen molar-refractivity contribution in [3.05, 3.63) is 70.4 Å². The van der Waals surface area contributed by atoms with Gasteiger partial charge in [-0.15, -0.1) is 0 Å². The quantitative estimate of drug-likeness (QED) is 0.250. The zero-order chi connectivity index (χ0) is 22.2. The van der Waals surface area contributed by atoms with E-state index in [1.54, 1.807) is 12.3 Å². The van der Waals surface area contributed by atoms with Crippen molar-refractivity contribution in [2.75, 3.05) is 16.0 Å². The van der Waals surface area contributed by atoms with Crippen LogP contribution in [0.3, 0.4) is 0 Å². The third-order valence-electron chi connectivity index (χ3n) is 5.79. The van der Waals surface area contributed by atoms with Crippen molar-refractivity contribution in [3.63, 3.8) is 0 Å². The second-order valence-electron chi connectivity index (χ2n) is 8.31. The van der Waals surface area contributed by atoms with Crippen molar-refractivity contribution in [2.45, 2.75) is 31.6 Å². The van der Waals surface area contributed by atoms with Gasteiger partial charge in [0.15, 0.2) is 11.6 Å². The lowest BCUT2D eigenvalue weighted by Crippen LogP contribution is -2.08. The summed E-state index contributed by atoms with van der Waals surface area (Å²) in [5.41, 5.74) is 4.35. The number of rotatable bonds is 7. The van der Waals surface area contributed by atoms with Crippen molar-refractivity contribution in [2.24, 2.45) is 0 Å². The van der Waals surface area contributed by atoms with Gasteiger partial charge < -0.3 is 16.0 Å². The lowest BCUT2D eigenvalue weighted by Gasteiger charge is -2.16. The van der Waals surface area contributed by atoms with E-state index in [0.29, 0.717) is 34.4 Å². The van der Waals surface area contributed by atoms with Crippen LogP contribution in [0.5, 0.6) is 0 Å². The predicted molar refractivity (Wildman–Crippen MR) is 128 cm³/mol. The number of H-pyrrole nitrogens is 3. The number of allylic oxidation sites excluding steroid dienone is 4. The Morgan fingerprint density at radius 2 is 2.00 bits per heavy atom. The molecule has 10 nitrogen and oxygen atoms in total. The summed E-state index contributed by atoms with van der Waals surface area (Å²) in [7, 11) is 0. The van der Waals surface area contributed by atoms with E-state index < -0.39 is 0 Å². The zero-order valence-electron chi connectivity index (χ0n) is 17.8. The number of fused-ring (bicyclic) bond motifs is 1.